The van der Waals surface area contributed by atoms with Crippen molar-refractivity contribution < 1.29 is 94.4 Å². The molecule has 23 rings (SSSR count). The molecule has 7 aromatic heterocycles. The minimum absolute atomic E-state index is 0. The number of benzene rings is 15. The Morgan fingerprint density at radius 3 is 1.46 bits per heavy atom. The molecule has 1 aliphatic heterocycles. The molecule has 14 nitrogen and oxygen atoms in total. The number of aromatic nitrogens is 7. The molecule has 0 saturated heterocycles. The first-order chi connectivity index (χ1) is 71.4. The zero-order chi connectivity index (χ0) is 101. The summed E-state index contributed by atoms with van der Waals surface area (Å²) in [5.74, 6) is -2.66. The Labute approximate surface area is 906 Å². The van der Waals surface area contributed by atoms with Gasteiger partial charge in [-0.2, -0.15) is 4.57 Å². The van der Waals surface area contributed by atoms with Crippen LogP contribution in [0.1, 0.15) is 35.5 Å². The van der Waals surface area contributed by atoms with Gasteiger partial charge in [-0.15, -0.1) is 143 Å². The van der Waals surface area contributed by atoms with E-state index in [-0.39, 0.29) is 78.5 Å². The van der Waals surface area contributed by atoms with Crippen LogP contribution in [0.5, 0.6) is 0 Å². The van der Waals surface area contributed by atoms with E-state index in [1.165, 1.54) is 58.7 Å². The molecule has 0 atom stereocenters. The van der Waals surface area contributed by atoms with Crippen molar-refractivity contribution in [3.8, 4) is 134 Å². The number of anilines is 4. The van der Waals surface area contributed by atoms with Crippen LogP contribution in [0.2, 0.25) is 0 Å². The molecule has 19 heteroatoms. The molecule has 1 aliphatic rings. The first-order valence-corrected chi connectivity index (χ1v) is 47.3. The van der Waals surface area contributed by atoms with Crippen molar-refractivity contribution in [2.75, 3.05) is 23.9 Å². The number of nitrogens with zero attached hydrogens (tertiary/aromatic N) is 10. The monoisotopic (exact) mass is 2480 g/mol. The van der Waals surface area contributed by atoms with Crippen LogP contribution < -0.4 is 14.4 Å². The number of hydrogen-bond donors (Lipinski definition) is 2. The predicted octanol–water partition coefficient (Wildman–Crippen LogP) is 31.3. The number of ketones is 1. The standard InChI is InChI=1S/C46H31N3.C26H17N2.C20H14N.C18H12NO2.C15H12F2N3.C5H8O2.2Ir.Pt/c1-4-12-34(13-5-1)37-22-24-42(25-23-37)49(43-20-10-18-40(30-43)45-32-38(26-28-47-45)35-14-6-2-7-15-35)44-21-11-19-41(31-44)46-33-39(27-29-48-46)36-16-8-3-9-17-36;1-2-8-19(9-3-1)21-16-22(25-12-6-7-14-27-25)18-23(17-21)26-24-11-5-4-10-20(24)13-15-28-26;1-14-13-20(21-19-12-5-4-9-16(14)19)18-11-6-8-15-7-2-3-10-17(15)18;20-18(21)17-12-15(13-7-3-1-4-8-13)11-16(19-17)14-9-5-2-6-10-14;1-18-15-11(16)6-9-8-20-5-4-10(19(2)3)7-12(20)13(9)14(15)17;1-4(6)3-5(2)7;;;/h1-29,32-33H;1-17H;2-10,12-13H,1H3;1-9,11-12H,(H,20,21);4-7H,8H2,2-3H3;3,6H,1-2H3;;;/q-2;3*-1;+1;;;;+2. The van der Waals surface area contributed by atoms with Gasteiger partial charge in [-0.3, -0.25) is 24.7 Å². The van der Waals surface area contributed by atoms with Crippen molar-refractivity contribution >= 4 is 72.6 Å². The van der Waals surface area contributed by atoms with Crippen LogP contribution in [0, 0.1) is 55.5 Å². The number of hydrogen-bond acceptors (Lipinski definition) is 11. The van der Waals surface area contributed by atoms with Gasteiger partial charge in [-0.1, -0.05) is 289 Å². The summed E-state index contributed by atoms with van der Waals surface area (Å²) in [7, 11) is 3.79. The van der Waals surface area contributed by atoms with Crippen molar-refractivity contribution in [3.05, 3.63) is 532 Å². The number of aliphatic hydroxyl groups excluding tert-OH is 1. The zero-order valence-corrected chi connectivity index (χ0v) is 88.5. The number of carbonyl (C=O) groups is 2. The molecule has 2 radical (unpaired) electrons. The van der Waals surface area contributed by atoms with Gasteiger partial charge in [0.15, 0.2) is 18.5 Å². The van der Waals surface area contributed by atoms with E-state index >= 15 is 0 Å². The van der Waals surface area contributed by atoms with E-state index in [1.54, 1.807) is 12.1 Å². The van der Waals surface area contributed by atoms with E-state index in [0.717, 1.165) is 146 Å². The molecule has 0 fully saturated rings. The minimum atomic E-state index is -1.04. The molecule has 2 N–H and O–H groups in total. The van der Waals surface area contributed by atoms with Gasteiger partial charge in [0.2, 0.25) is 5.69 Å². The van der Waals surface area contributed by atoms with Crippen LogP contribution in [0.3, 0.4) is 0 Å². The molecule has 732 valence electrons. The van der Waals surface area contributed by atoms with E-state index in [4.69, 9.17) is 31.6 Å². The average Bonchev–Trinajstić information content (AvgIpc) is 1.60. The molecule has 0 spiro atoms. The number of para-hydroxylation sites is 1. The first kappa shape index (κ1) is 106. The fraction of sp³-hybridized carbons (Fsp3) is 0.0462. The van der Waals surface area contributed by atoms with E-state index in [0.29, 0.717) is 29.1 Å². The number of fused-ring (bicyclic) bond motifs is 6. The van der Waals surface area contributed by atoms with Crippen molar-refractivity contribution in [2.24, 2.45) is 0 Å². The fourth-order valence-electron chi connectivity index (χ4n) is 17.3. The number of aryl methyl sites for hydroxylation is 1. The summed E-state index contributed by atoms with van der Waals surface area (Å²) in [5.41, 5.74) is 28.8. The third-order valence-corrected chi connectivity index (χ3v) is 24.4. The number of aromatic carboxylic acids is 1. The maximum atomic E-state index is 14.4. The van der Waals surface area contributed by atoms with Gasteiger partial charge < -0.3 is 30.0 Å². The topological polar surface area (TPSA) is 167 Å². The van der Waals surface area contributed by atoms with Gasteiger partial charge in [0.1, 0.15) is 17.3 Å². The van der Waals surface area contributed by atoms with Gasteiger partial charge in [0.25, 0.3) is 5.69 Å². The molecule has 0 unspecified atom stereocenters. The number of carboxylic acids is 1. The predicted molar refractivity (Wildman–Crippen MR) is 584 cm³/mol. The van der Waals surface area contributed by atoms with Crippen molar-refractivity contribution in [1.29, 1.82) is 0 Å². The third-order valence-electron chi connectivity index (χ3n) is 24.4. The van der Waals surface area contributed by atoms with E-state index in [1.807, 2.05) is 200 Å². The Morgan fingerprint density at radius 1 is 0.409 bits per heavy atom. The summed E-state index contributed by atoms with van der Waals surface area (Å²) < 4.78 is 29.9. The summed E-state index contributed by atoms with van der Waals surface area (Å²) in [6.07, 6.45) is 10.4. The fourth-order valence-corrected chi connectivity index (χ4v) is 17.3. The molecular formula is C130H94F2Ir2N10O4Pt-2. The molecular weight excluding hydrogens is 2380 g/mol. The molecule has 0 saturated carbocycles. The quantitative estimate of drug-likeness (QED) is 0.0384. The number of halogens is 2. The first-order valence-electron chi connectivity index (χ1n) is 47.3. The maximum absolute atomic E-state index is 14.4. The summed E-state index contributed by atoms with van der Waals surface area (Å²) in [4.78, 5) is 56.1. The second-order valence-corrected chi connectivity index (χ2v) is 34.6. The van der Waals surface area contributed by atoms with Gasteiger partial charge in [-0.25, -0.2) is 18.4 Å². The van der Waals surface area contributed by atoms with Crippen LogP contribution in [0.4, 0.5) is 37.2 Å². The maximum Gasteiger partial charge on any atom is 2.00 e. The Bertz CT molecular complexity index is 8260. The summed E-state index contributed by atoms with van der Waals surface area (Å²) in [5, 5.41) is 23.5. The molecule has 149 heavy (non-hydrogen) atoms. The van der Waals surface area contributed by atoms with Crippen molar-refractivity contribution in [3.63, 3.8) is 0 Å². The van der Waals surface area contributed by atoms with Crippen LogP contribution >= 0.6 is 0 Å². The van der Waals surface area contributed by atoms with E-state index in [9.17, 15) is 23.5 Å². The number of rotatable bonds is 17. The largest absolute Gasteiger partial charge is 2.00 e. The minimum Gasteiger partial charge on any atom is -0.512 e. The summed E-state index contributed by atoms with van der Waals surface area (Å²) >= 11 is 0. The van der Waals surface area contributed by atoms with Gasteiger partial charge >= 0.3 is 27.0 Å². The van der Waals surface area contributed by atoms with Crippen molar-refractivity contribution in [1.82, 2.24) is 29.9 Å². The smallest absolute Gasteiger partial charge is 0.512 e. The third kappa shape index (κ3) is 26.0. The Kier molecular flexibility index (Phi) is 35.9. The molecule has 0 amide bonds. The van der Waals surface area contributed by atoms with Crippen LogP contribution in [0.15, 0.2) is 461 Å². The van der Waals surface area contributed by atoms with Crippen LogP contribution in [-0.2, 0) is 72.6 Å². The number of allylic oxidation sites excluding steroid dienone is 2. The van der Waals surface area contributed by atoms with Gasteiger partial charge in [-0.05, 0) is 176 Å². The number of pyridine rings is 7. The summed E-state index contributed by atoms with van der Waals surface area (Å²) in [6.45, 7) is 12.3. The number of carbonyl (C=O) groups excluding carboxylic acids is 1. The van der Waals surface area contributed by atoms with E-state index in [2.05, 4.69) is 312 Å². The van der Waals surface area contributed by atoms with E-state index < -0.39 is 23.3 Å². The molecule has 0 aliphatic carbocycles. The normalized spacial score (nSPS) is 10.7. The van der Waals surface area contributed by atoms with Crippen molar-refractivity contribution in [2.45, 2.75) is 27.3 Å². The Balaban J connectivity index is 0.000000143. The molecule has 8 heterocycles. The van der Waals surface area contributed by atoms with Crippen LogP contribution in [0.25, 0.3) is 172 Å². The number of carboxylic acid groups (broad SMARTS) is 1. The molecule has 0 bridgehead atoms. The second-order valence-electron chi connectivity index (χ2n) is 34.6. The second kappa shape index (κ2) is 50.5. The molecule has 22 aromatic rings. The Hall–Kier alpha value is -17.3. The summed E-state index contributed by atoms with van der Waals surface area (Å²) in [6, 6.07) is 157. The average molecular weight is 2480 g/mol. The number of aliphatic hydroxyl groups is 1. The molecule has 15 aromatic carbocycles. The Morgan fingerprint density at radius 2 is 0.913 bits per heavy atom. The SMILES string of the molecule is CC(=O)C=C(C)O.Cc1cc(-c2[c-]ccc3ccccc23)nc2ccccc12.O=C(O)c1cc(-c2ccccc2)cc(-c2[c-]cccc2)n1.[C-]#[N+]c1c(F)cc2c(c1F)-c1cc(N(C)C)cc[n+]1C2.[Ir].[Ir].[Pt+2].[c-]1c(-c2cc(-c3ccccc3)ccn2)cccc1N(c1[c-]c(-c2cc(-c3ccccc3)ccn2)ccc1)c1ccc(-c2ccccc2)cc1.[c-]1c(-c2ccccn2)cc(-c2ccccc2)cc1-c1nccc2ccccc12. The van der Waals surface area contributed by atoms with Gasteiger partial charge in [0, 0.05) is 131 Å². The van der Waals surface area contributed by atoms with Crippen LogP contribution in [-0.4, -0.2) is 66.0 Å². The van der Waals surface area contributed by atoms with Gasteiger partial charge in [0.05, 0.1) is 23.4 Å². The zero-order valence-electron chi connectivity index (χ0n) is 81.4.